The van der Waals surface area contributed by atoms with Crippen molar-refractivity contribution in [1.82, 2.24) is 14.7 Å². The molecule has 0 aliphatic carbocycles. The largest absolute Gasteiger partial charge is 0.455 e. The summed E-state index contributed by atoms with van der Waals surface area (Å²) in [7, 11) is -3.95. The zero-order valence-electron chi connectivity index (χ0n) is 22.8. The van der Waals surface area contributed by atoms with Crippen LogP contribution in [-0.4, -0.2) is 81.4 Å². The maximum absolute atomic E-state index is 13.2. The lowest BCUT2D eigenvalue weighted by molar-refractivity contribution is 0.0619. The van der Waals surface area contributed by atoms with Crippen LogP contribution in [0.15, 0.2) is 71.6 Å². The van der Waals surface area contributed by atoms with Gasteiger partial charge >= 0.3 is 0 Å². The van der Waals surface area contributed by atoms with Crippen molar-refractivity contribution in [3.05, 3.63) is 82.3 Å². The van der Waals surface area contributed by atoms with Gasteiger partial charge in [0.05, 0.1) is 20.6 Å². The number of hydrogen-bond donors (Lipinski definition) is 1. The van der Waals surface area contributed by atoms with Gasteiger partial charge in [-0.3, -0.25) is 14.4 Å². The highest BCUT2D eigenvalue weighted by Crippen LogP contribution is 2.34. The minimum atomic E-state index is -3.95. The Hall–Kier alpha value is -2.82. The van der Waals surface area contributed by atoms with E-state index in [2.05, 4.69) is 14.5 Å². The van der Waals surface area contributed by atoms with Gasteiger partial charge in [-0.05, 0) is 74.5 Å². The zero-order chi connectivity index (χ0) is 28.8. The Bertz CT molecular complexity index is 1460. The van der Waals surface area contributed by atoms with Gasteiger partial charge in [0.2, 0.25) is 0 Å². The molecule has 3 aromatic rings. The number of anilines is 1. The van der Waals surface area contributed by atoms with Crippen molar-refractivity contribution in [3.63, 3.8) is 0 Å². The summed E-state index contributed by atoms with van der Waals surface area (Å²) in [5.74, 6) is 0.631. The quantitative estimate of drug-likeness (QED) is 0.326. The SMILES string of the molecule is O=C(c1ccc(S(=O)(=O)Nc2ccccc2Oc2ccc(Cl)c(Cl)c2)cc1)N1CCN(CCN2CCCCC2)CC1. The molecule has 2 aliphatic rings. The van der Waals surface area contributed by atoms with E-state index in [9.17, 15) is 13.2 Å². The molecule has 0 aromatic heterocycles. The molecule has 11 heteroatoms. The molecule has 2 fully saturated rings. The number of piperazine rings is 1. The number of ether oxygens (including phenoxy) is 1. The lowest BCUT2D eigenvalue weighted by Crippen LogP contribution is -2.50. The first-order valence-electron chi connectivity index (χ1n) is 13.9. The average molecular weight is 618 g/mol. The van der Waals surface area contributed by atoms with Crippen LogP contribution in [0.3, 0.4) is 0 Å². The third-order valence-electron chi connectivity index (χ3n) is 7.50. The van der Waals surface area contributed by atoms with Crippen molar-refractivity contribution in [2.24, 2.45) is 0 Å². The molecule has 0 saturated carbocycles. The van der Waals surface area contributed by atoms with Gasteiger partial charge in [0.1, 0.15) is 5.75 Å². The first-order chi connectivity index (χ1) is 19.8. The molecule has 0 atom stereocenters. The zero-order valence-corrected chi connectivity index (χ0v) is 25.1. The van der Waals surface area contributed by atoms with Crippen LogP contribution >= 0.6 is 23.2 Å². The number of hydrogen-bond acceptors (Lipinski definition) is 6. The van der Waals surface area contributed by atoms with E-state index in [-0.39, 0.29) is 16.5 Å². The molecule has 0 unspecified atom stereocenters. The normalized spacial score (nSPS) is 16.9. The molecule has 5 rings (SSSR count). The van der Waals surface area contributed by atoms with E-state index in [1.807, 2.05) is 4.90 Å². The summed E-state index contributed by atoms with van der Waals surface area (Å²) < 4.78 is 34.8. The number of likely N-dealkylation sites (tertiary alicyclic amines) is 1. The number of nitrogens with zero attached hydrogens (tertiary/aromatic N) is 3. The highest BCUT2D eigenvalue weighted by atomic mass is 35.5. The Labute approximate surface area is 251 Å². The molecule has 41 heavy (non-hydrogen) atoms. The van der Waals surface area contributed by atoms with Gasteiger partial charge in [-0.25, -0.2) is 8.42 Å². The maximum atomic E-state index is 13.2. The van der Waals surface area contributed by atoms with E-state index in [1.165, 1.54) is 44.5 Å². The van der Waals surface area contributed by atoms with Gasteiger partial charge in [-0.1, -0.05) is 41.8 Å². The van der Waals surface area contributed by atoms with E-state index < -0.39 is 10.0 Å². The second-order valence-corrected chi connectivity index (χ2v) is 12.8. The van der Waals surface area contributed by atoms with Gasteiger partial charge < -0.3 is 14.5 Å². The molecule has 3 aromatic carbocycles. The number of halogens is 2. The number of carbonyl (C=O) groups excluding carboxylic acids is 1. The molecule has 0 spiro atoms. The van der Waals surface area contributed by atoms with Crippen molar-refractivity contribution in [3.8, 4) is 11.5 Å². The Morgan fingerprint density at radius 1 is 0.780 bits per heavy atom. The summed E-state index contributed by atoms with van der Waals surface area (Å²) in [6.45, 7) is 7.52. The van der Waals surface area contributed by atoms with Crippen LogP contribution in [-0.2, 0) is 10.0 Å². The average Bonchev–Trinajstić information content (AvgIpc) is 2.99. The molecule has 0 radical (unpaired) electrons. The summed E-state index contributed by atoms with van der Waals surface area (Å²) in [6, 6.07) is 17.5. The summed E-state index contributed by atoms with van der Waals surface area (Å²) >= 11 is 12.1. The van der Waals surface area contributed by atoms with Crippen LogP contribution < -0.4 is 9.46 Å². The van der Waals surface area contributed by atoms with Gasteiger partial charge in [-0.15, -0.1) is 0 Å². The molecule has 1 amide bonds. The first-order valence-corrected chi connectivity index (χ1v) is 16.1. The molecular weight excluding hydrogens is 583 g/mol. The topological polar surface area (TPSA) is 82.2 Å². The molecular formula is C30H34Cl2N4O4S. The molecule has 8 nitrogen and oxygen atoms in total. The van der Waals surface area contributed by atoms with Crippen LogP contribution in [0.25, 0.3) is 0 Å². The lowest BCUT2D eigenvalue weighted by Gasteiger charge is -2.36. The Morgan fingerprint density at radius 3 is 2.12 bits per heavy atom. The molecule has 2 saturated heterocycles. The number of rotatable bonds is 9. The third-order valence-corrected chi connectivity index (χ3v) is 9.62. The van der Waals surface area contributed by atoms with Crippen LogP contribution in [0, 0.1) is 0 Å². The van der Waals surface area contributed by atoms with Crippen LogP contribution in [0.1, 0.15) is 29.6 Å². The molecule has 1 N–H and O–H groups in total. The van der Waals surface area contributed by atoms with E-state index in [0.29, 0.717) is 40.2 Å². The summed E-state index contributed by atoms with van der Waals surface area (Å²) in [5.41, 5.74) is 0.728. The maximum Gasteiger partial charge on any atom is 0.262 e. The number of sulfonamides is 1. The van der Waals surface area contributed by atoms with Crippen molar-refractivity contribution >= 4 is 44.8 Å². The fraction of sp³-hybridized carbons (Fsp3) is 0.367. The van der Waals surface area contributed by atoms with Gasteiger partial charge in [0.25, 0.3) is 15.9 Å². The number of nitrogens with one attached hydrogen (secondary N) is 1. The monoisotopic (exact) mass is 616 g/mol. The Balaban J connectivity index is 1.17. The Morgan fingerprint density at radius 2 is 1.44 bits per heavy atom. The van der Waals surface area contributed by atoms with E-state index in [1.54, 1.807) is 54.6 Å². The fourth-order valence-electron chi connectivity index (χ4n) is 5.11. The molecule has 218 valence electrons. The van der Waals surface area contributed by atoms with Crippen LogP contribution in [0.2, 0.25) is 10.0 Å². The van der Waals surface area contributed by atoms with E-state index in [4.69, 9.17) is 27.9 Å². The van der Waals surface area contributed by atoms with Gasteiger partial charge in [0.15, 0.2) is 5.75 Å². The van der Waals surface area contributed by atoms with E-state index >= 15 is 0 Å². The van der Waals surface area contributed by atoms with Gasteiger partial charge in [0, 0.05) is 50.9 Å². The number of carbonyl (C=O) groups is 1. The van der Waals surface area contributed by atoms with Crippen molar-refractivity contribution < 1.29 is 17.9 Å². The minimum absolute atomic E-state index is 0.0425. The van der Waals surface area contributed by atoms with Crippen molar-refractivity contribution in [2.45, 2.75) is 24.2 Å². The standard InChI is InChI=1S/C30H34Cl2N4O4S/c31-26-13-10-24(22-27(26)32)40-29-7-3-2-6-28(29)33-41(38,39)25-11-8-23(9-12-25)30(37)36-20-18-35(19-21-36)17-16-34-14-4-1-5-15-34/h2-3,6-13,22,33H,1,4-5,14-21H2. The summed E-state index contributed by atoms with van der Waals surface area (Å²) in [5, 5.41) is 0.715. The number of amides is 1. The highest BCUT2D eigenvalue weighted by Gasteiger charge is 2.24. The summed E-state index contributed by atoms with van der Waals surface area (Å²) in [4.78, 5) is 20.0. The first kappa shape index (κ1) is 29.7. The van der Waals surface area contributed by atoms with Gasteiger partial charge in [-0.2, -0.15) is 0 Å². The number of benzene rings is 3. The second kappa shape index (κ2) is 13.4. The predicted octanol–water partition coefficient (Wildman–Crippen LogP) is 5.83. The van der Waals surface area contributed by atoms with Crippen LogP contribution in [0.5, 0.6) is 11.5 Å². The summed E-state index contributed by atoms with van der Waals surface area (Å²) in [6.07, 6.45) is 3.92. The molecule has 0 bridgehead atoms. The Kier molecular flexibility index (Phi) is 9.72. The number of piperidine rings is 1. The lowest BCUT2D eigenvalue weighted by atomic mass is 10.1. The minimum Gasteiger partial charge on any atom is -0.455 e. The van der Waals surface area contributed by atoms with Crippen molar-refractivity contribution in [2.75, 3.05) is 57.1 Å². The molecule has 2 aliphatic heterocycles. The smallest absolute Gasteiger partial charge is 0.262 e. The van der Waals surface area contributed by atoms with Crippen molar-refractivity contribution in [1.29, 1.82) is 0 Å². The molecule has 2 heterocycles. The number of para-hydroxylation sites is 2. The third kappa shape index (κ3) is 7.72. The van der Waals surface area contributed by atoms with E-state index in [0.717, 1.165) is 26.2 Å². The highest BCUT2D eigenvalue weighted by molar-refractivity contribution is 7.92. The second-order valence-electron chi connectivity index (χ2n) is 10.3. The predicted molar refractivity (Wildman–Crippen MR) is 163 cm³/mol. The fourth-order valence-corrected chi connectivity index (χ4v) is 6.47. The van der Waals surface area contributed by atoms with Crippen LogP contribution in [0.4, 0.5) is 5.69 Å².